The Kier molecular flexibility index (Phi) is 5.96. The minimum atomic E-state index is -0.689. The number of hydrogen-bond acceptors (Lipinski definition) is 6. The molecule has 1 aromatic heterocycles. The number of rotatable bonds is 6. The third-order valence-corrected chi connectivity index (χ3v) is 7.35. The van der Waals surface area contributed by atoms with Crippen molar-refractivity contribution in [2.45, 2.75) is 44.6 Å². The number of thiophene rings is 1. The second-order valence-electron chi connectivity index (χ2n) is 8.52. The number of guanidine groups is 1. The van der Waals surface area contributed by atoms with E-state index < -0.39 is 5.54 Å². The maximum Gasteiger partial charge on any atom is 0.232 e. The lowest BCUT2D eigenvalue weighted by Crippen LogP contribution is -2.50. The first kappa shape index (κ1) is 21.3. The van der Waals surface area contributed by atoms with Gasteiger partial charge in [0, 0.05) is 30.9 Å². The van der Waals surface area contributed by atoms with Gasteiger partial charge in [0.2, 0.25) is 11.8 Å². The molecule has 2 aliphatic heterocycles. The summed E-state index contributed by atoms with van der Waals surface area (Å²) in [6.07, 6.45) is 9.06. The third kappa shape index (κ3) is 4.42. The van der Waals surface area contributed by atoms with Crippen LogP contribution in [0.1, 0.15) is 49.5 Å². The normalized spacial score (nSPS) is 26.1. The maximum absolute atomic E-state index is 12.9. The first-order valence-electron chi connectivity index (χ1n) is 10.7. The molecule has 4 rings (SSSR count). The standard InChI is InChI=1S/C23H27N5O2S/c1-23(19-12-18(15-31-19)17-6-2-5-16(11-17)14-24)13-21(30)28(22(25)26-23)10-4-9-27-8-3-7-20(27)29/h2,5-6,12,15-16H,3-4,7-11,13H2,1H3,(H2,25,26)/t16?,23-/m0/s1. The van der Waals surface area contributed by atoms with Crippen molar-refractivity contribution in [3.05, 3.63) is 40.1 Å². The zero-order chi connectivity index (χ0) is 22.0. The van der Waals surface area contributed by atoms with Crippen LogP contribution in [0.3, 0.4) is 0 Å². The van der Waals surface area contributed by atoms with Crippen LogP contribution in [-0.2, 0) is 15.1 Å². The Bertz CT molecular complexity index is 1020. The van der Waals surface area contributed by atoms with E-state index in [1.807, 2.05) is 30.1 Å². The average molecular weight is 438 g/mol. The summed E-state index contributed by atoms with van der Waals surface area (Å²) in [4.78, 5) is 33.8. The predicted molar refractivity (Wildman–Crippen MR) is 121 cm³/mol. The van der Waals surface area contributed by atoms with Crippen LogP contribution in [0.5, 0.6) is 0 Å². The van der Waals surface area contributed by atoms with Crippen molar-refractivity contribution in [3.8, 4) is 6.07 Å². The second-order valence-corrected chi connectivity index (χ2v) is 9.43. The van der Waals surface area contributed by atoms with Crippen LogP contribution >= 0.6 is 11.3 Å². The maximum atomic E-state index is 12.9. The fourth-order valence-electron chi connectivity index (χ4n) is 4.38. The molecule has 7 nitrogen and oxygen atoms in total. The van der Waals surface area contributed by atoms with E-state index in [1.54, 1.807) is 16.2 Å². The number of amides is 2. The molecule has 1 saturated heterocycles. The van der Waals surface area contributed by atoms with Gasteiger partial charge in [-0.05, 0) is 48.8 Å². The van der Waals surface area contributed by atoms with Gasteiger partial charge in [-0.1, -0.05) is 18.2 Å². The van der Waals surface area contributed by atoms with Crippen LogP contribution in [0.2, 0.25) is 0 Å². The summed E-state index contributed by atoms with van der Waals surface area (Å²) in [6.45, 7) is 3.87. The average Bonchev–Trinajstić information content (AvgIpc) is 3.40. The highest BCUT2D eigenvalue weighted by molar-refractivity contribution is 7.10. The molecule has 8 heteroatoms. The molecule has 1 fully saturated rings. The fourth-order valence-corrected chi connectivity index (χ4v) is 5.42. The smallest absolute Gasteiger partial charge is 0.232 e. The largest absolute Gasteiger partial charge is 0.369 e. The van der Waals surface area contributed by atoms with Gasteiger partial charge in [0.25, 0.3) is 0 Å². The lowest BCUT2D eigenvalue weighted by molar-refractivity contribution is -0.129. The van der Waals surface area contributed by atoms with E-state index in [2.05, 4.69) is 17.5 Å². The first-order valence-corrected chi connectivity index (χ1v) is 11.6. The van der Waals surface area contributed by atoms with Crippen LogP contribution in [0.25, 0.3) is 5.57 Å². The summed E-state index contributed by atoms with van der Waals surface area (Å²) in [5.74, 6) is 0.290. The molecule has 31 heavy (non-hydrogen) atoms. The Morgan fingerprint density at radius 3 is 2.90 bits per heavy atom. The molecule has 2 atom stereocenters. The number of nitrogens with zero attached hydrogens (tertiary/aromatic N) is 4. The van der Waals surface area contributed by atoms with Crippen molar-refractivity contribution in [1.29, 1.82) is 5.26 Å². The molecular weight excluding hydrogens is 410 g/mol. The summed E-state index contributed by atoms with van der Waals surface area (Å²) in [6, 6.07) is 4.37. The number of nitrogens with two attached hydrogens (primary N) is 1. The van der Waals surface area contributed by atoms with Crippen LogP contribution < -0.4 is 5.73 Å². The number of hydrogen-bond donors (Lipinski definition) is 1. The molecule has 1 aromatic rings. The van der Waals surface area contributed by atoms with Gasteiger partial charge < -0.3 is 10.6 Å². The van der Waals surface area contributed by atoms with Gasteiger partial charge in [0.05, 0.1) is 18.4 Å². The van der Waals surface area contributed by atoms with Crippen LogP contribution in [0, 0.1) is 17.2 Å². The number of likely N-dealkylation sites (tertiary alicyclic amines) is 1. The van der Waals surface area contributed by atoms with E-state index in [4.69, 9.17) is 10.7 Å². The van der Waals surface area contributed by atoms with Gasteiger partial charge in [0.1, 0.15) is 5.54 Å². The second kappa shape index (κ2) is 8.67. The van der Waals surface area contributed by atoms with E-state index in [1.165, 1.54) is 0 Å². The Balaban J connectivity index is 1.44. The first-order chi connectivity index (χ1) is 14.9. The van der Waals surface area contributed by atoms with E-state index in [-0.39, 0.29) is 30.1 Å². The molecule has 3 aliphatic rings. The Labute approximate surface area is 186 Å². The lowest BCUT2D eigenvalue weighted by Gasteiger charge is -2.34. The summed E-state index contributed by atoms with van der Waals surface area (Å²) in [7, 11) is 0. The quantitative estimate of drug-likeness (QED) is 0.739. The molecule has 0 aromatic carbocycles. The predicted octanol–water partition coefficient (Wildman–Crippen LogP) is 3.01. The fraction of sp³-hybridized carbons (Fsp3) is 0.478. The summed E-state index contributed by atoms with van der Waals surface area (Å²) < 4.78 is 0. The van der Waals surface area contributed by atoms with Crippen LogP contribution in [-0.4, -0.2) is 47.2 Å². The molecule has 0 radical (unpaired) electrons. The van der Waals surface area contributed by atoms with Gasteiger partial charge in [-0.3, -0.25) is 14.5 Å². The van der Waals surface area contributed by atoms with Crippen molar-refractivity contribution in [2.24, 2.45) is 16.6 Å². The van der Waals surface area contributed by atoms with Gasteiger partial charge >= 0.3 is 0 Å². The number of nitriles is 1. The molecule has 2 N–H and O–H groups in total. The summed E-state index contributed by atoms with van der Waals surface area (Å²) >= 11 is 1.57. The zero-order valence-electron chi connectivity index (χ0n) is 17.7. The van der Waals surface area contributed by atoms with Crippen molar-refractivity contribution in [1.82, 2.24) is 9.80 Å². The highest BCUT2D eigenvalue weighted by Crippen LogP contribution is 2.39. The van der Waals surface area contributed by atoms with Gasteiger partial charge in [-0.25, -0.2) is 4.99 Å². The topological polar surface area (TPSA) is 103 Å². The molecule has 162 valence electrons. The van der Waals surface area contributed by atoms with E-state index in [9.17, 15) is 14.9 Å². The molecule has 0 spiro atoms. The minimum absolute atomic E-state index is 0.0398. The third-order valence-electron chi connectivity index (χ3n) is 6.16. The van der Waals surface area contributed by atoms with Gasteiger partial charge in [-0.15, -0.1) is 11.3 Å². The van der Waals surface area contributed by atoms with Gasteiger partial charge in [0.15, 0.2) is 5.96 Å². The molecule has 1 unspecified atom stereocenters. The molecule has 1 aliphatic carbocycles. The van der Waals surface area contributed by atoms with Crippen molar-refractivity contribution in [3.63, 3.8) is 0 Å². The Hall–Kier alpha value is -2.92. The highest BCUT2D eigenvalue weighted by Gasteiger charge is 2.38. The number of allylic oxidation sites excluding steroid dienone is 4. The number of carbonyl (C=O) groups excluding carboxylic acids is 2. The highest BCUT2D eigenvalue weighted by atomic mass is 32.1. The zero-order valence-corrected chi connectivity index (χ0v) is 18.5. The van der Waals surface area contributed by atoms with Crippen LogP contribution in [0.15, 0.2) is 34.7 Å². The SMILES string of the molecule is C[C@@]1(c2cc(C3=CC=CC(C#N)C3)cs2)CC(=O)N(CCCN2CCCC2=O)C(N)=N1. The van der Waals surface area contributed by atoms with Crippen molar-refractivity contribution < 1.29 is 9.59 Å². The van der Waals surface area contributed by atoms with Crippen molar-refractivity contribution in [2.75, 3.05) is 19.6 Å². The molecule has 0 saturated carbocycles. The van der Waals surface area contributed by atoms with Crippen molar-refractivity contribution >= 4 is 34.7 Å². The molecule has 3 heterocycles. The van der Waals surface area contributed by atoms with Crippen LogP contribution in [0.4, 0.5) is 0 Å². The lowest BCUT2D eigenvalue weighted by atomic mass is 9.90. The summed E-state index contributed by atoms with van der Waals surface area (Å²) in [5, 5.41) is 11.3. The Morgan fingerprint density at radius 2 is 2.19 bits per heavy atom. The van der Waals surface area contributed by atoms with Gasteiger partial charge in [-0.2, -0.15) is 5.26 Å². The molecule has 2 amide bonds. The summed E-state index contributed by atoms with van der Waals surface area (Å²) in [5.41, 5.74) is 7.72. The van der Waals surface area contributed by atoms with E-state index in [0.717, 1.165) is 29.0 Å². The molecular formula is C23H27N5O2S. The monoisotopic (exact) mass is 437 g/mol. The van der Waals surface area contributed by atoms with E-state index >= 15 is 0 Å². The number of aliphatic imine (C=N–C) groups is 1. The van der Waals surface area contributed by atoms with E-state index in [0.29, 0.717) is 32.4 Å². The molecule has 0 bridgehead atoms. The minimum Gasteiger partial charge on any atom is -0.369 e. The number of carbonyl (C=O) groups is 2. The Morgan fingerprint density at radius 1 is 1.35 bits per heavy atom.